The summed E-state index contributed by atoms with van der Waals surface area (Å²) in [6, 6.07) is 10.6. The lowest BCUT2D eigenvalue weighted by Crippen LogP contribution is -2.43. The topological polar surface area (TPSA) is 64.6 Å². The van der Waals surface area contributed by atoms with Crippen LogP contribution in [-0.2, 0) is 11.3 Å². The number of carbonyl (C=O) groups excluding carboxylic acids is 1. The van der Waals surface area contributed by atoms with E-state index in [-0.39, 0.29) is 5.91 Å². The fourth-order valence-corrected chi connectivity index (χ4v) is 3.56. The van der Waals surface area contributed by atoms with E-state index < -0.39 is 0 Å². The van der Waals surface area contributed by atoms with E-state index in [1.165, 1.54) is 12.5 Å². The van der Waals surface area contributed by atoms with Gasteiger partial charge < -0.3 is 15.1 Å². The van der Waals surface area contributed by atoms with Crippen molar-refractivity contribution >= 4 is 23.4 Å². The first-order chi connectivity index (χ1) is 13.4. The minimum Gasteiger partial charge on any atom is -0.356 e. The summed E-state index contributed by atoms with van der Waals surface area (Å²) >= 11 is 0. The van der Waals surface area contributed by atoms with Gasteiger partial charge in [0.05, 0.1) is 0 Å². The standard InChI is InChI=1S/C21H30N6O/c1-16(28)23-18-7-5-17(6-8-18)15-27-13-10-19(11-14-27)26(4)20-9-12-22-21(24-20)25(2)3/h5-9,12,19H,10-11,13-15H2,1-4H3,(H,23,28). The highest BCUT2D eigenvalue weighted by molar-refractivity contribution is 5.88. The molecule has 1 saturated heterocycles. The molecule has 0 radical (unpaired) electrons. The molecule has 3 rings (SSSR count). The number of anilines is 3. The maximum atomic E-state index is 11.1. The lowest BCUT2D eigenvalue weighted by atomic mass is 10.0. The van der Waals surface area contributed by atoms with Crippen molar-refractivity contribution in [2.75, 3.05) is 49.3 Å². The third-order valence-corrected chi connectivity index (χ3v) is 5.17. The van der Waals surface area contributed by atoms with Crippen LogP contribution in [0, 0.1) is 0 Å². The summed E-state index contributed by atoms with van der Waals surface area (Å²) < 4.78 is 0. The molecule has 1 aliphatic heterocycles. The Bertz CT molecular complexity index is 784. The quantitative estimate of drug-likeness (QED) is 0.829. The summed E-state index contributed by atoms with van der Waals surface area (Å²) in [7, 11) is 6.05. The van der Waals surface area contributed by atoms with Crippen molar-refractivity contribution in [2.45, 2.75) is 32.4 Å². The second-order valence-corrected chi connectivity index (χ2v) is 7.61. The van der Waals surface area contributed by atoms with Crippen LogP contribution < -0.4 is 15.1 Å². The van der Waals surface area contributed by atoms with Gasteiger partial charge in [-0.05, 0) is 36.6 Å². The van der Waals surface area contributed by atoms with E-state index in [2.05, 4.69) is 44.3 Å². The number of hydrogen-bond acceptors (Lipinski definition) is 6. The van der Waals surface area contributed by atoms with E-state index in [1.807, 2.05) is 43.4 Å². The van der Waals surface area contributed by atoms with Crippen molar-refractivity contribution in [3.8, 4) is 0 Å². The molecule has 0 aliphatic carbocycles. The molecular weight excluding hydrogens is 352 g/mol. The van der Waals surface area contributed by atoms with Crippen molar-refractivity contribution in [1.82, 2.24) is 14.9 Å². The summed E-state index contributed by atoms with van der Waals surface area (Å²) in [6.45, 7) is 4.59. The fourth-order valence-electron chi connectivity index (χ4n) is 3.56. The zero-order chi connectivity index (χ0) is 20.1. The number of rotatable bonds is 6. The van der Waals surface area contributed by atoms with Gasteiger partial charge in [-0.2, -0.15) is 4.98 Å². The van der Waals surface area contributed by atoms with E-state index in [9.17, 15) is 4.79 Å². The number of benzene rings is 1. The molecule has 1 N–H and O–H groups in total. The van der Waals surface area contributed by atoms with Crippen molar-refractivity contribution in [1.29, 1.82) is 0 Å². The molecular formula is C21H30N6O. The molecule has 1 aromatic heterocycles. The summed E-state index contributed by atoms with van der Waals surface area (Å²) in [5.74, 6) is 1.68. The van der Waals surface area contributed by atoms with Crippen LogP contribution in [0.2, 0.25) is 0 Å². The fraction of sp³-hybridized carbons (Fsp3) is 0.476. The number of amides is 1. The van der Waals surface area contributed by atoms with Crippen LogP contribution >= 0.6 is 0 Å². The van der Waals surface area contributed by atoms with Gasteiger partial charge in [0, 0.05) is 65.6 Å². The third kappa shape index (κ3) is 5.19. The van der Waals surface area contributed by atoms with Gasteiger partial charge in [0.25, 0.3) is 0 Å². The third-order valence-electron chi connectivity index (χ3n) is 5.17. The monoisotopic (exact) mass is 382 g/mol. The SMILES string of the molecule is CC(=O)Nc1ccc(CN2CCC(N(C)c3ccnc(N(C)C)n3)CC2)cc1. The molecule has 0 atom stereocenters. The van der Waals surface area contributed by atoms with Gasteiger partial charge in [-0.3, -0.25) is 9.69 Å². The summed E-state index contributed by atoms with van der Waals surface area (Å²) in [4.78, 5) is 26.8. The Labute approximate surface area is 167 Å². The van der Waals surface area contributed by atoms with Gasteiger partial charge in [-0.1, -0.05) is 12.1 Å². The molecule has 7 heteroatoms. The molecule has 0 saturated carbocycles. The average Bonchev–Trinajstić information content (AvgIpc) is 2.69. The van der Waals surface area contributed by atoms with E-state index in [4.69, 9.17) is 0 Å². The Balaban J connectivity index is 1.52. The Morgan fingerprint density at radius 3 is 2.43 bits per heavy atom. The highest BCUT2D eigenvalue weighted by atomic mass is 16.1. The maximum absolute atomic E-state index is 11.1. The number of nitrogens with zero attached hydrogens (tertiary/aromatic N) is 5. The van der Waals surface area contributed by atoms with E-state index in [0.29, 0.717) is 6.04 Å². The minimum atomic E-state index is -0.0414. The van der Waals surface area contributed by atoms with Crippen LogP contribution in [0.5, 0.6) is 0 Å². The Morgan fingerprint density at radius 1 is 1.14 bits per heavy atom. The first-order valence-corrected chi connectivity index (χ1v) is 9.74. The largest absolute Gasteiger partial charge is 0.356 e. The summed E-state index contributed by atoms with van der Waals surface area (Å²) in [5.41, 5.74) is 2.12. The zero-order valence-electron chi connectivity index (χ0n) is 17.2. The predicted molar refractivity (Wildman–Crippen MR) is 114 cm³/mol. The smallest absolute Gasteiger partial charge is 0.226 e. The van der Waals surface area contributed by atoms with Gasteiger partial charge in [0.15, 0.2) is 0 Å². The van der Waals surface area contributed by atoms with Crippen molar-refractivity contribution in [2.24, 2.45) is 0 Å². The second kappa shape index (κ2) is 9.01. The molecule has 1 fully saturated rings. The van der Waals surface area contributed by atoms with E-state index in [0.717, 1.165) is 49.9 Å². The lowest BCUT2D eigenvalue weighted by molar-refractivity contribution is -0.114. The highest BCUT2D eigenvalue weighted by Gasteiger charge is 2.23. The van der Waals surface area contributed by atoms with Crippen LogP contribution in [0.25, 0.3) is 0 Å². The summed E-state index contributed by atoms with van der Waals surface area (Å²) in [6.07, 6.45) is 4.05. The Kier molecular flexibility index (Phi) is 6.46. The molecule has 7 nitrogen and oxygen atoms in total. The molecule has 1 aliphatic rings. The predicted octanol–water partition coefficient (Wildman–Crippen LogP) is 2.60. The maximum Gasteiger partial charge on any atom is 0.226 e. The lowest BCUT2D eigenvalue weighted by Gasteiger charge is -2.37. The second-order valence-electron chi connectivity index (χ2n) is 7.61. The van der Waals surface area contributed by atoms with E-state index >= 15 is 0 Å². The number of hydrogen-bond donors (Lipinski definition) is 1. The van der Waals surface area contributed by atoms with Gasteiger partial charge in [0.2, 0.25) is 11.9 Å². The van der Waals surface area contributed by atoms with Gasteiger partial charge in [-0.15, -0.1) is 0 Å². The van der Waals surface area contributed by atoms with Crippen LogP contribution in [0.15, 0.2) is 36.5 Å². The number of likely N-dealkylation sites (tertiary alicyclic amines) is 1. The zero-order valence-corrected chi connectivity index (χ0v) is 17.2. The summed E-state index contributed by atoms with van der Waals surface area (Å²) in [5, 5.41) is 2.81. The number of carbonyl (C=O) groups is 1. The van der Waals surface area contributed by atoms with Crippen LogP contribution in [0.4, 0.5) is 17.5 Å². The molecule has 1 aromatic carbocycles. The normalized spacial score (nSPS) is 15.3. The number of piperidine rings is 1. The molecule has 150 valence electrons. The molecule has 1 amide bonds. The van der Waals surface area contributed by atoms with Crippen LogP contribution in [0.1, 0.15) is 25.3 Å². The molecule has 2 aromatic rings. The van der Waals surface area contributed by atoms with Crippen LogP contribution in [0.3, 0.4) is 0 Å². The first-order valence-electron chi connectivity index (χ1n) is 9.74. The van der Waals surface area contributed by atoms with Gasteiger partial charge in [-0.25, -0.2) is 4.98 Å². The van der Waals surface area contributed by atoms with Crippen molar-refractivity contribution < 1.29 is 4.79 Å². The molecule has 0 spiro atoms. The van der Waals surface area contributed by atoms with Crippen molar-refractivity contribution in [3.63, 3.8) is 0 Å². The van der Waals surface area contributed by atoms with E-state index in [1.54, 1.807) is 0 Å². The molecule has 2 heterocycles. The van der Waals surface area contributed by atoms with Gasteiger partial charge >= 0.3 is 0 Å². The molecule has 28 heavy (non-hydrogen) atoms. The highest BCUT2D eigenvalue weighted by Crippen LogP contribution is 2.22. The number of aromatic nitrogens is 2. The minimum absolute atomic E-state index is 0.0414. The van der Waals surface area contributed by atoms with Crippen molar-refractivity contribution in [3.05, 3.63) is 42.1 Å². The van der Waals surface area contributed by atoms with Crippen LogP contribution in [-0.4, -0.2) is 61.0 Å². The average molecular weight is 383 g/mol. The first kappa shape index (κ1) is 20.1. The molecule has 0 bridgehead atoms. The Morgan fingerprint density at radius 2 is 1.82 bits per heavy atom. The Hall–Kier alpha value is -2.67. The molecule has 0 unspecified atom stereocenters. The number of nitrogens with one attached hydrogen (secondary N) is 1. The van der Waals surface area contributed by atoms with Gasteiger partial charge in [0.1, 0.15) is 5.82 Å².